The van der Waals surface area contributed by atoms with E-state index in [4.69, 9.17) is 0 Å². The normalized spacial score (nSPS) is 10.8. The summed E-state index contributed by atoms with van der Waals surface area (Å²) in [6.45, 7) is 8.04. The van der Waals surface area contributed by atoms with E-state index in [2.05, 4.69) is 30.7 Å². The Labute approximate surface area is 62.5 Å². The van der Waals surface area contributed by atoms with Crippen molar-refractivity contribution in [3.05, 3.63) is 24.4 Å². The lowest BCUT2D eigenvalue weighted by Gasteiger charge is -2.02. The molecule has 0 unspecified atom stereocenters. The molecule has 0 aliphatic carbocycles. The Morgan fingerprint density at radius 2 is 2.20 bits per heavy atom. The predicted molar refractivity (Wildman–Crippen MR) is 43.3 cm³/mol. The molecule has 0 saturated carbocycles. The van der Waals surface area contributed by atoms with Crippen LogP contribution in [0.5, 0.6) is 0 Å². The van der Waals surface area contributed by atoms with Gasteiger partial charge < -0.3 is 0 Å². The lowest BCUT2D eigenvalue weighted by atomic mass is 10.1. The summed E-state index contributed by atoms with van der Waals surface area (Å²) in [4.78, 5) is 4.59. The number of hydroxylamine groups is 1. The van der Waals surface area contributed by atoms with Crippen LogP contribution in [-0.2, 0) is 4.84 Å². The zero-order valence-electron chi connectivity index (χ0n) is 6.85. The third-order valence-electron chi connectivity index (χ3n) is 1.22. The number of hydrogen-bond acceptors (Lipinski definition) is 2. The summed E-state index contributed by atoms with van der Waals surface area (Å²) in [6, 6.07) is 0. The van der Waals surface area contributed by atoms with Crippen molar-refractivity contribution in [1.29, 1.82) is 0 Å². The first-order valence-electron chi connectivity index (χ1n) is 3.32. The lowest BCUT2D eigenvalue weighted by molar-refractivity contribution is 0.128. The molecule has 0 aromatic carbocycles. The molecule has 58 valence electrons. The molecular formula is C8H15NO. The van der Waals surface area contributed by atoms with E-state index in [0.29, 0.717) is 5.92 Å². The predicted octanol–water partition coefficient (Wildman–Crippen LogP) is 1.86. The van der Waals surface area contributed by atoms with E-state index < -0.39 is 0 Å². The van der Waals surface area contributed by atoms with Gasteiger partial charge in [-0.05, 0) is 12.0 Å². The van der Waals surface area contributed by atoms with Crippen LogP contribution in [0.25, 0.3) is 0 Å². The van der Waals surface area contributed by atoms with Crippen molar-refractivity contribution >= 4 is 0 Å². The van der Waals surface area contributed by atoms with E-state index in [9.17, 15) is 0 Å². The summed E-state index contributed by atoms with van der Waals surface area (Å²) in [5.41, 5.74) is 3.68. The number of nitrogens with one attached hydrogen (secondary N) is 1. The molecule has 0 bridgehead atoms. The molecular weight excluding hydrogens is 126 g/mol. The topological polar surface area (TPSA) is 21.3 Å². The first kappa shape index (κ1) is 9.24. The summed E-state index contributed by atoms with van der Waals surface area (Å²) in [5, 5.41) is 0. The SMILES string of the molecule is C=C(/C=C\NOC)C(C)C. The van der Waals surface area contributed by atoms with Crippen LogP contribution in [0.15, 0.2) is 24.4 Å². The number of hydrogen-bond donors (Lipinski definition) is 1. The second-order valence-electron chi connectivity index (χ2n) is 2.38. The van der Waals surface area contributed by atoms with Gasteiger partial charge in [-0.1, -0.05) is 26.0 Å². The maximum Gasteiger partial charge on any atom is 0.0636 e. The summed E-state index contributed by atoms with van der Waals surface area (Å²) >= 11 is 0. The summed E-state index contributed by atoms with van der Waals surface area (Å²) in [7, 11) is 1.57. The molecule has 1 N–H and O–H groups in total. The van der Waals surface area contributed by atoms with Crippen molar-refractivity contribution in [3.8, 4) is 0 Å². The van der Waals surface area contributed by atoms with Gasteiger partial charge in [-0.3, -0.25) is 10.3 Å². The molecule has 0 aliphatic rings. The van der Waals surface area contributed by atoms with E-state index in [1.165, 1.54) is 0 Å². The fourth-order valence-electron chi connectivity index (χ4n) is 0.402. The van der Waals surface area contributed by atoms with E-state index >= 15 is 0 Å². The van der Waals surface area contributed by atoms with E-state index in [1.54, 1.807) is 13.3 Å². The van der Waals surface area contributed by atoms with Crippen LogP contribution in [-0.4, -0.2) is 7.11 Å². The first-order chi connectivity index (χ1) is 4.68. The molecule has 2 nitrogen and oxygen atoms in total. The van der Waals surface area contributed by atoms with Crippen LogP contribution in [0.3, 0.4) is 0 Å². The smallest absolute Gasteiger partial charge is 0.0636 e. The molecule has 0 fully saturated rings. The Bertz CT molecular complexity index is 127. The van der Waals surface area contributed by atoms with E-state index in [0.717, 1.165) is 5.57 Å². The Hall–Kier alpha value is -0.760. The molecule has 0 rings (SSSR count). The maximum atomic E-state index is 4.59. The molecule has 10 heavy (non-hydrogen) atoms. The van der Waals surface area contributed by atoms with Gasteiger partial charge in [0.15, 0.2) is 0 Å². The highest BCUT2D eigenvalue weighted by Gasteiger charge is 1.92. The molecule has 0 aromatic rings. The molecule has 0 atom stereocenters. The minimum absolute atomic E-state index is 0.495. The molecule has 0 spiro atoms. The van der Waals surface area contributed by atoms with E-state index in [1.807, 2.05) is 6.08 Å². The highest BCUT2D eigenvalue weighted by Crippen LogP contribution is 2.06. The highest BCUT2D eigenvalue weighted by molar-refractivity contribution is 5.15. The minimum Gasteiger partial charge on any atom is -0.280 e. The van der Waals surface area contributed by atoms with Crippen molar-refractivity contribution < 1.29 is 4.84 Å². The van der Waals surface area contributed by atoms with Crippen molar-refractivity contribution in [1.82, 2.24) is 5.48 Å². The molecule has 0 amide bonds. The Kier molecular flexibility index (Phi) is 4.67. The Balaban J connectivity index is 3.56. The van der Waals surface area contributed by atoms with Gasteiger partial charge in [0.25, 0.3) is 0 Å². The summed E-state index contributed by atoms with van der Waals surface area (Å²) < 4.78 is 0. The Morgan fingerprint density at radius 3 is 2.60 bits per heavy atom. The summed E-state index contributed by atoms with van der Waals surface area (Å²) in [5.74, 6) is 0.495. The third-order valence-corrected chi connectivity index (χ3v) is 1.22. The quantitative estimate of drug-likeness (QED) is 0.476. The molecule has 0 aliphatic heterocycles. The third kappa shape index (κ3) is 4.15. The van der Waals surface area contributed by atoms with Crippen molar-refractivity contribution in [2.45, 2.75) is 13.8 Å². The second-order valence-corrected chi connectivity index (χ2v) is 2.38. The van der Waals surface area contributed by atoms with E-state index in [-0.39, 0.29) is 0 Å². The van der Waals surface area contributed by atoms with Crippen molar-refractivity contribution in [2.75, 3.05) is 7.11 Å². The van der Waals surface area contributed by atoms with Crippen LogP contribution in [0.4, 0.5) is 0 Å². The van der Waals surface area contributed by atoms with Crippen LogP contribution in [0, 0.1) is 5.92 Å². The minimum atomic E-state index is 0.495. The van der Waals surface area contributed by atoms with Crippen LogP contribution >= 0.6 is 0 Å². The lowest BCUT2D eigenvalue weighted by Crippen LogP contribution is -2.01. The average molecular weight is 141 g/mol. The van der Waals surface area contributed by atoms with Gasteiger partial charge in [0.2, 0.25) is 0 Å². The maximum absolute atomic E-state index is 4.59. The zero-order chi connectivity index (χ0) is 7.98. The molecule has 0 heterocycles. The van der Waals surface area contributed by atoms with Gasteiger partial charge >= 0.3 is 0 Å². The highest BCUT2D eigenvalue weighted by atomic mass is 16.6. The van der Waals surface area contributed by atoms with Gasteiger partial charge in [0.05, 0.1) is 7.11 Å². The molecule has 0 aromatic heterocycles. The molecule has 0 saturated heterocycles. The second kappa shape index (κ2) is 5.06. The molecule has 0 radical (unpaired) electrons. The fraction of sp³-hybridized carbons (Fsp3) is 0.500. The van der Waals surface area contributed by atoms with Gasteiger partial charge in [-0.25, -0.2) is 0 Å². The monoisotopic (exact) mass is 141 g/mol. The standard InChI is InChI=1S/C8H15NO/c1-7(2)8(3)5-6-9-10-4/h5-7,9H,3H2,1-2,4H3/b6-5-. The number of allylic oxidation sites excluding steroid dienone is 2. The zero-order valence-corrected chi connectivity index (χ0v) is 6.85. The van der Waals surface area contributed by atoms with Gasteiger partial charge in [-0.2, -0.15) is 0 Å². The molecule has 2 heteroatoms. The summed E-state index contributed by atoms with van der Waals surface area (Å²) in [6.07, 6.45) is 3.62. The van der Waals surface area contributed by atoms with Gasteiger partial charge in [0.1, 0.15) is 0 Å². The number of rotatable bonds is 4. The fourth-order valence-corrected chi connectivity index (χ4v) is 0.402. The average Bonchev–Trinajstić information content (AvgIpc) is 1.88. The van der Waals surface area contributed by atoms with Gasteiger partial charge in [0, 0.05) is 6.20 Å². The first-order valence-corrected chi connectivity index (χ1v) is 3.32. The van der Waals surface area contributed by atoms with Crippen LogP contribution in [0.2, 0.25) is 0 Å². The van der Waals surface area contributed by atoms with Crippen molar-refractivity contribution in [2.24, 2.45) is 5.92 Å². The largest absolute Gasteiger partial charge is 0.280 e. The van der Waals surface area contributed by atoms with Crippen LogP contribution < -0.4 is 5.48 Å². The Morgan fingerprint density at radius 1 is 1.60 bits per heavy atom. The van der Waals surface area contributed by atoms with Crippen LogP contribution in [0.1, 0.15) is 13.8 Å². The van der Waals surface area contributed by atoms with Crippen molar-refractivity contribution in [3.63, 3.8) is 0 Å². The van der Waals surface area contributed by atoms with Gasteiger partial charge in [-0.15, -0.1) is 0 Å².